The van der Waals surface area contributed by atoms with E-state index < -0.39 is 0 Å². The topological polar surface area (TPSA) is 52.6 Å². The molecule has 1 aromatic carbocycles. The maximum absolute atomic E-state index is 6.18. The first-order chi connectivity index (χ1) is 15.6. The highest BCUT2D eigenvalue weighted by Gasteiger charge is 2.41. The van der Waals surface area contributed by atoms with Crippen molar-refractivity contribution >= 4 is 5.96 Å². The average Bonchev–Trinajstić information content (AvgIpc) is 3.22. The minimum Gasteiger partial charge on any atom is -0.374 e. The molecule has 3 fully saturated rings. The molecule has 7 heteroatoms. The Morgan fingerprint density at radius 1 is 1.09 bits per heavy atom. The fourth-order valence-electron chi connectivity index (χ4n) is 5.13. The predicted octanol–water partition coefficient (Wildman–Crippen LogP) is 1.89. The number of nitrogens with zero attached hydrogens (tertiary/aromatic N) is 4. The van der Waals surface area contributed by atoms with Crippen molar-refractivity contribution in [3.05, 3.63) is 35.9 Å². The largest absolute Gasteiger partial charge is 0.374 e. The third-order valence-corrected chi connectivity index (χ3v) is 6.57. The molecule has 3 aliphatic heterocycles. The number of benzene rings is 1. The maximum Gasteiger partial charge on any atom is 0.194 e. The van der Waals surface area contributed by atoms with Crippen LogP contribution >= 0.6 is 0 Å². The summed E-state index contributed by atoms with van der Waals surface area (Å²) in [5, 5.41) is 3.51. The molecule has 7 nitrogen and oxygen atoms in total. The zero-order valence-electron chi connectivity index (χ0n) is 20.1. The minimum atomic E-state index is 0.173. The second-order valence-electron chi connectivity index (χ2n) is 9.68. The summed E-state index contributed by atoms with van der Waals surface area (Å²) in [6.45, 7) is 16.8. The van der Waals surface area contributed by atoms with Gasteiger partial charge in [-0.15, -0.1) is 0 Å². The summed E-state index contributed by atoms with van der Waals surface area (Å²) in [7, 11) is 0. The number of rotatable bonds is 7. The normalized spacial score (nSPS) is 27.7. The number of nitrogens with one attached hydrogen (secondary N) is 1. The van der Waals surface area contributed by atoms with Crippen LogP contribution < -0.4 is 5.32 Å². The smallest absolute Gasteiger partial charge is 0.194 e. The molecule has 4 rings (SSSR count). The van der Waals surface area contributed by atoms with Gasteiger partial charge >= 0.3 is 0 Å². The molecule has 178 valence electrons. The van der Waals surface area contributed by atoms with E-state index >= 15 is 0 Å². The lowest BCUT2D eigenvalue weighted by molar-refractivity contribution is -0.0502. The highest BCUT2D eigenvalue weighted by Crippen LogP contribution is 2.25. The van der Waals surface area contributed by atoms with E-state index in [1.165, 1.54) is 5.56 Å². The van der Waals surface area contributed by atoms with Gasteiger partial charge in [-0.2, -0.15) is 0 Å². The van der Waals surface area contributed by atoms with E-state index in [0.29, 0.717) is 18.5 Å². The summed E-state index contributed by atoms with van der Waals surface area (Å²) in [5.74, 6) is 1.68. The van der Waals surface area contributed by atoms with Crippen molar-refractivity contribution in [2.75, 3.05) is 65.6 Å². The molecule has 0 aliphatic carbocycles. The van der Waals surface area contributed by atoms with Gasteiger partial charge < -0.3 is 19.7 Å². The molecule has 0 spiro atoms. The highest BCUT2D eigenvalue weighted by molar-refractivity contribution is 5.80. The lowest BCUT2D eigenvalue weighted by atomic mass is 10.1. The predicted molar refractivity (Wildman–Crippen MR) is 129 cm³/mol. The van der Waals surface area contributed by atoms with Gasteiger partial charge in [0, 0.05) is 52.4 Å². The van der Waals surface area contributed by atoms with Gasteiger partial charge in [0.2, 0.25) is 0 Å². The van der Waals surface area contributed by atoms with Crippen molar-refractivity contribution in [2.24, 2.45) is 10.9 Å². The third kappa shape index (κ3) is 6.22. The lowest BCUT2D eigenvalue weighted by Gasteiger charge is -2.36. The van der Waals surface area contributed by atoms with Crippen LogP contribution in [0.5, 0.6) is 0 Å². The van der Waals surface area contributed by atoms with Gasteiger partial charge in [0.25, 0.3) is 0 Å². The van der Waals surface area contributed by atoms with Crippen LogP contribution in [0.4, 0.5) is 0 Å². The van der Waals surface area contributed by atoms with Crippen LogP contribution in [0.2, 0.25) is 0 Å². The second kappa shape index (κ2) is 11.5. The first kappa shape index (κ1) is 23.5. The molecule has 3 heterocycles. The van der Waals surface area contributed by atoms with Gasteiger partial charge in [0.1, 0.15) is 0 Å². The molecule has 1 aromatic rings. The molecular formula is C25H41N5O2. The van der Waals surface area contributed by atoms with E-state index in [0.717, 1.165) is 71.5 Å². The molecular weight excluding hydrogens is 402 g/mol. The van der Waals surface area contributed by atoms with Crippen LogP contribution in [0.3, 0.4) is 0 Å². The van der Waals surface area contributed by atoms with E-state index in [-0.39, 0.29) is 12.2 Å². The van der Waals surface area contributed by atoms with E-state index in [4.69, 9.17) is 14.5 Å². The molecule has 3 saturated heterocycles. The number of guanidine groups is 1. The number of aliphatic imine (C=N–C) groups is 1. The van der Waals surface area contributed by atoms with Gasteiger partial charge in [-0.1, -0.05) is 44.2 Å². The second-order valence-corrected chi connectivity index (χ2v) is 9.68. The molecule has 3 aliphatic rings. The monoisotopic (exact) mass is 443 g/mol. The number of hydrogen-bond donors (Lipinski definition) is 1. The molecule has 0 saturated carbocycles. The zero-order valence-corrected chi connectivity index (χ0v) is 20.1. The van der Waals surface area contributed by atoms with Crippen LogP contribution in [0.25, 0.3) is 0 Å². The van der Waals surface area contributed by atoms with Crippen molar-refractivity contribution in [2.45, 2.75) is 45.6 Å². The first-order valence-corrected chi connectivity index (χ1v) is 12.4. The summed E-state index contributed by atoms with van der Waals surface area (Å²) in [6, 6.07) is 11.2. The van der Waals surface area contributed by atoms with E-state index in [1.54, 1.807) is 0 Å². The van der Waals surface area contributed by atoms with E-state index in [2.05, 4.69) is 71.1 Å². The lowest BCUT2D eigenvalue weighted by Crippen LogP contribution is -2.50. The van der Waals surface area contributed by atoms with Gasteiger partial charge in [0.05, 0.1) is 38.0 Å². The van der Waals surface area contributed by atoms with Crippen LogP contribution in [-0.2, 0) is 16.0 Å². The van der Waals surface area contributed by atoms with Crippen LogP contribution in [0.1, 0.15) is 26.3 Å². The summed E-state index contributed by atoms with van der Waals surface area (Å²) in [4.78, 5) is 12.5. The number of likely N-dealkylation sites (tertiary alicyclic amines) is 1. The highest BCUT2D eigenvalue weighted by atomic mass is 16.5. The SMILES string of the molecule is CCNC(=NCC1CN(CC(C)C)CCO1)N1CC2OCCN(Cc3ccccc3)C2C1. The average molecular weight is 444 g/mol. The summed E-state index contributed by atoms with van der Waals surface area (Å²) in [5.41, 5.74) is 1.37. The fraction of sp³-hybridized carbons (Fsp3) is 0.720. The summed E-state index contributed by atoms with van der Waals surface area (Å²) < 4.78 is 12.2. The van der Waals surface area contributed by atoms with Crippen LogP contribution in [0.15, 0.2) is 35.3 Å². The Morgan fingerprint density at radius 2 is 1.91 bits per heavy atom. The number of morpholine rings is 2. The molecule has 3 unspecified atom stereocenters. The Kier molecular flexibility index (Phi) is 8.41. The molecule has 1 N–H and O–H groups in total. The summed E-state index contributed by atoms with van der Waals surface area (Å²) >= 11 is 0. The Balaban J connectivity index is 1.37. The quantitative estimate of drug-likeness (QED) is 0.513. The van der Waals surface area contributed by atoms with Crippen LogP contribution in [-0.4, -0.2) is 104 Å². The van der Waals surface area contributed by atoms with E-state index in [9.17, 15) is 0 Å². The van der Waals surface area contributed by atoms with Crippen molar-refractivity contribution in [1.29, 1.82) is 0 Å². The zero-order chi connectivity index (χ0) is 22.3. The molecule has 0 amide bonds. The molecule has 32 heavy (non-hydrogen) atoms. The number of fused-ring (bicyclic) bond motifs is 1. The van der Waals surface area contributed by atoms with E-state index in [1.807, 2.05) is 0 Å². The standard InChI is InChI=1S/C25H41N5O2/c1-4-26-25(27-14-22-17-28(10-12-31-22)15-20(2)3)30-18-23-24(19-30)32-13-11-29(23)16-21-8-6-5-7-9-21/h5-9,20,22-24H,4,10-19H2,1-3H3,(H,26,27). The van der Waals surface area contributed by atoms with Crippen LogP contribution in [0, 0.1) is 5.92 Å². The maximum atomic E-state index is 6.18. The minimum absolute atomic E-state index is 0.173. The molecule has 0 bridgehead atoms. The van der Waals surface area contributed by atoms with Crippen molar-refractivity contribution in [1.82, 2.24) is 20.0 Å². The van der Waals surface area contributed by atoms with Crippen molar-refractivity contribution in [3.63, 3.8) is 0 Å². The summed E-state index contributed by atoms with van der Waals surface area (Å²) in [6.07, 6.45) is 0.413. The van der Waals surface area contributed by atoms with Crippen molar-refractivity contribution < 1.29 is 9.47 Å². The fourth-order valence-corrected chi connectivity index (χ4v) is 5.13. The molecule has 0 aromatic heterocycles. The Bertz CT molecular complexity index is 728. The molecule has 0 radical (unpaired) electrons. The van der Waals surface area contributed by atoms with Gasteiger partial charge in [-0.3, -0.25) is 14.8 Å². The van der Waals surface area contributed by atoms with Gasteiger partial charge in [-0.25, -0.2) is 0 Å². The Hall–Kier alpha value is -1.67. The van der Waals surface area contributed by atoms with Crippen molar-refractivity contribution in [3.8, 4) is 0 Å². The third-order valence-electron chi connectivity index (χ3n) is 6.57. The van der Waals surface area contributed by atoms with Gasteiger partial charge in [-0.05, 0) is 18.4 Å². The number of hydrogen-bond acceptors (Lipinski definition) is 5. The Morgan fingerprint density at radius 3 is 2.69 bits per heavy atom. The number of ether oxygens (including phenoxy) is 2. The Labute approximate surface area is 193 Å². The van der Waals surface area contributed by atoms with Gasteiger partial charge in [0.15, 0.2) is 5.96 Å². The first-order valence-electron chi connectivity index (χ1n) is 12.4. The molecule has 3 atom stereocenters.